The molecular formula is C19H34. The van der Waals surface area contributed by atoms with Crippen molar-refractivity contribution in [3.63, 3.8) is 0 Å². The predicted octanol–water partition coefficient (Wildman–Crippen LogP) is 6.53. The lowest BCUT2D eigenvalue weighted by Crippen LogP contribution is -2.23. The second kappa shape index (κ2) is 7.31. The van der Waals surface area contributed by atoms with Gasteiger partial charge in [-0.25, -0.2) is 0 Å². The average Bonchev–Trinajstić information content (AvgIpc) is 2.45. The predicted molar refractivity (Wildman–Crippen MR) is 87.3 cm³/mol. The summed E-state index contributed by atoms with van der Waals surface area (Å²) in [6.07, 6.45) is 10.5. The maximum absolute atomic E-state index is 4.45. The summed E-state index contributed by atoms with van der Waals surface area (Å²) in [7, 11) is 0. The van der Waals surface area contributed by atoms with Gasteiger partial charge in [0.2, 0.25) is 0 Å². The molecule has 110 valence electrons. The molecule has 1 aliphatic carbocycles. The first-order valence-electron chi connectivity index (χ1n) is 8.31. The Balaban J connectivity index is 2.53. The molecule has 0 nitrogen and oxygen atoms in total. The van der Waals surface area contributed by atoms with Crippen LogP contribution in [0.15, 0.2) is 24.3 Å². The molecule has 0 unspecified atom stereocenters. The lowest BCUT2D eigenvalue weighted by molar-refractivity contribution is 0.229. The molecule has 1 rings (SSSR count). The maximum atomic E-state index is 4.45. The Morgan fingerprint density at radius 3 is 1.68 bits per heavy atom. The van der Waals surface area contributed by atoms with Crippen LogP contribution in [0.2, 0.25) is 0 Å². The summed E-state index contributed by atoms with van der Waals surface area (Å²) in [6.45, 7) is 17.8. The van der Waals surface area contributed by atoms with Gasteiger partial charge in [0.15, 0.2) is 0 Å². The van der Waals surface area contributed by atoms with Crippen LogP contribution in [0, 0.1) is 17.3 Å². The molecule has 0 heteroatoms. The van der Waals surface area contributed by atoms with E-state index in [1.807, 2.05) is 0 Å². The van der Waals surface area contributed by atoms with Gasteiger partial charge in [-0.3, -0.25) is 0 Å². The van der Waals surface area contributed by atoms with Gasteiger partial charge in [0.25, 0.3) is 0 Å². The van der Waals surface area contributed by atoms with Crippen molar-refractivity contribution in [2.75, 3.05) is 0 Å². The Morgan fingerprint density at radius 1 is 0.895 bits per heavy atom. The minimum absolute atomic E-state index is 0.516. The molecule has 0 heterocycles. The third-order valence-electron chi connectivity index (χ3n) is 5.85. The summed E-state index contributed by atoms with van der Waals surface area (Å²) in [5.74, 6) is 1.55. The van der Waals surface area contributed by atoms with Crippen molar-refractivity contribution in [1.82, 2.24) is 0 Å². The number of allylic oxidation sites excluding steroid dienone is 2. The third-order valence-corrected chi connectivity index (χ3v) is 5.85. The molecule has 0 amide bonds. The van der Waals surface area contributed by atoms with Gasteiger partial charge in [-0.15, -0.1) is 0 Å². The van der Waals surface area contributed by atoms with E-state index in [9.17, 15) is 0 Å². The highest BCUT2D eigenvalue weighted by molar-refractivity contribution is 5.08. The molecule has 0 radical (unpaired) electrons. The zero-order valence-corrected chi connectivity index (χ0v) is 13.7. The van der Waals surface area contributed by atoms with E-state index < -0.39 is 0 Å². The third kappa shape index (κ3) is 4.23. The summed E-state index contributed by atoms with van der Waals surface area (Å²) < 4.78 is 0. The van der Waals surface area contributed by atoms with Crippen molar-refractivity contribution >= 4 is 0 Å². The second-order valence-corrected chi connectivity index (χ2v) is 6.79. The highest BCUT2D eigenvalue weighted by Crippen LogP contribution is 2.43. The van der Waals surface area contributed by atoms with E-state index in [1.165, 1.54) is 62.5 Å². The Hall–Kier alpha value is -0.520. The number of hydrogen-bond acceptors (Lipinski definition) is 0. The van der Waals surface area contributed by atoms with E-state index in [1.54, 1.807) is 0 Å². The number of hydrogen-bond donors (Lipinski definition) is 0. The van der Waals surface area contributed by atoms with Gasteiger partial charge in [0, 0.05) is 0 Å². The topological polar surface area (TPSA) is 0 Å². The van der Waals surface area contributed by atoms with Gasteiger partial charge < -0.3 is 0 Å². The van der Waals surface area contributed by atoms with Gasteiger partial charge >= 0.3 is 0 Å². The molecule has 0 aromatic rings. The first kappa shape index (κ1) is 16.5. The lowest BCUT2D eigenvalue weighted by atomic mass is 9.69. The lowest BCUT2D eigenvalue weighted by Gasteiger charge is -2.36. The van der Waals surface area contributed by atoms with Crippen LogP contribution in [-0.2, 0) is 0 Å². The maximum Gasteiger partial charge on any atom is -0.0205 e. The molecule has 0 saturated heterocycles. The largest absolute Gasteiger partial charge is 0.0999 e. The Morgan fingerprint density at radius 2 is 1.32 bits per heavy atom. The minimum Gasteiger partial charge on any atom is -0.0999 e. The molecular weight excluding hydrogens is 228 g/mol. The van der Waals surface area contributed by atoms with Crippen LogP contribution in [0.5, 0.6) is 0 Å². The van der Waals surface area contributed by atoms with E-state index in [4.69, 9.17) is 0 Å². The van der Waals surface area contributed by atoms with Crippen LogP contribution in [0.25, 0.3) is 0 Å². The van der Waals surface area contributed by atoms with Crippen LogP contribution in [0.3, 0.4) is 0 Å². The van der Waals surface area contributed by atoms with Crippen LogP contribution in [-0.4, -0.2) is 0 Å². The van der Waals surface area contributed by atoms with Gasteiger partial charge in [0.05, 0.1) is 0 Å². The fourth-order valence-electron chi connectivity index (χ4n) is 3.75. The quantitative estimate of drug-likeness (QED) is 0.457. The van der Waals surface area contributed by atoms with Crippen molar-refractivity contribution in [2.24, 2.45) is 17.3 Å². The normalized spacial score (nSPS) is 24.2. The Labute approximate surface area is 121 Å². The Bertz CT molecular complexity index is 290. The SMILES string of the molecule is C=C(C)C1CCC(C(=C)CC(CC)(CC)CC)CC1. The second-order valence-electron chi connectivity index (χ2n) is 6.79. The molecule has 1 saturated carbocycles. The molecule has 0 spiro atoms. The van der Waals surface area contributed by atoms with Crippen LogP contribution in [0.1, 0.15) is 79.1 Å². The highest BCUT2D eigenvalue weighted by atomic mass is 14.3. The smallest absolute Gasteiger partial charge is 0.0205 e. The van der Waals surface area contributed by atoms with E-state index in [2.05, 4.69) is 40.9 Å². The zero-order chi connectivity index (χ0) is 14.5. The van der Waals surface area contributed by atoms with Crippen molar-refractivity contribution in [2.45, 2.75) is 79.1 Å². The first-order chi connectivity index (χ1) is 8.98. The molecule has 1 fully saturated rings. The summed E-state index contributed by atoms with van der Waals surface area (Å²) >= 11 is 0. The molecule has 0 aromatic heterocycles. The van der Waals surface area contributed by atoms with Gasteiger partial charge in [-0.2, -0.15) is 0 Å². The molecule has 19 heavy (non-hydrogen) atoms. The van der Waals surface area contributed by atoms with E-state index in [0.717, 1.165) is 11.8 Å². The summed E-state index contributed by atoms with van der Waals surface area (Å²) in [4.78, 5) is 0. The van der Waals surface area contributed by atoms with Crippen LogP contribution in [0.4, 0.5) is 0 Å². The molecule has 0 N–H and O–H groups in total. The van der Waals surface area contributed by atoms with Gasteiger partial charge in [-0.1, -0.05) is 64.3 Å². The summed E-state index contributed by atoms with van der Waals surface area (Å²) in [6, 6.07) is 0. The van der Waals surface area contributed by atoms with Gasteiger partial charge in [-0.05, 0) is 56.3 Å². The van der Waals surface area contributed by atoms with Gasteiger partial charge in [0.1, 0.15) is 0 Å². The van der Waals surface area contributed by atoms with Crippen molar-refractivity contribution in [1.29, 1.82) is 0 Å². The first-order valence-corrected chi connectivity index (χ1v) is 8.31. The van der Waals surface area contributed by atoms with Crippen LogP contribution < -0.4 is 0 Å². The highest BCUT2D eigenvalue weighted by Gasteiger charge is 2.29. The molecule has 1 aliphatic rings. The molecule has 0 atom stereocenters. The average molecular weight is 262 g/mol. The fourth-order valence-corrected chi connectivity index (χ4v) is 3.75. The van der Waals surface area contributed by atoms with Crippen LogP contribution >= 0.6 is 0 Å². The van der Waals surface area contributed by atoms with Crippen molar-refractivity contribution in [3.05, 3.63) is 24.3 Å². The molecule has 0 aliphatic heterocycles. The summed E-state index contributed by atoms with van der Waals surface area (Å²) in [5, 5.41) is 0. The standard InChI is InChI=1S/C19H34/c1-7-19(8-2,9-3)14-16(6)18-12-10-17(11-13-18)15(4)5/h17-18H,4,6-14H2,1-3,5H3. The summed E-state index contributed by atoms with van der Waals surface area (Å²) in [5.41, 5.74) is 3.43. The Kier molecular flexibility index (Phi) is 6.36. The molecule has 0 bridgehead atoms. The van der Waals surface area contributed by atoms with E-state index >= 15 is 0 Å². The number of rotatable bonds is 7. The van der Waals surface area contributed by atoms with E-state index in [0.29, 0.717) is 5.41 Å². The minimum atomic E-state index is 0.516. The van der Waals surface area contributed by atoms with E-state index in [-0.39, 0.29) is 0 Å². The monoisotopic (exact) mass is 262 g/mol. The van der Waals surface area contributed by atoms with Crippen molar-refractivity contribution in [3.8, 4) is 0 Å². The van der Waals surface area contributed by atoms with Crippen molar-refractivity contribution < 1.29 is 0 Å². The molecule has 0 aromatic carbocycles. The zero-order valence-electron chi connectivity index (χ0n) is 13.7. The fraction of sp³-hybridized carbons (Fsp3) is 0.789.